The maximum absolute atomic E-state index is 13.4. The summed E-state index contributed by atoms with van der Waals surface area (Å²) in [5.74, 6) is -1.18. The van der Waals surface area contributed by atoms with Crippen molar-refractivity contribution in [1.29, 1.82) is 0 Å². The molecule has 0 aliphatic carbocycles. The number of hydrogen-bond donors (Lipinski definition) is 0. The summed E-state index contributed by atoms with van der Waals surface area (Å²) in [6, 6.07) is 3.04. The highest BCUT2D eigenvalue weighted by molar-refractivity contribution is 5.83. The first-order valence-corrected chi connectivity index (χ1v) is 4.55. The summed E-state index contributed by atoms with van der Waals surface area (Å²) in [6.45, 7) is 0. The van der Waals surface area contributed by atoms with Crippen LogP contribution >= 0.6 is 0 Å². The van der Waals surface area contributed by atoms with Crippen LogP contribution in [0, 0.1) is 11.6 Å². The molecule has 0 aliphatic heterocycles. The second kappa shape index (κ2) is 3.84. The van der Waals surface area contributed by atoms with Crippen molar-refractivity contribution in [2.24, 2.45) is 7.05 Å². The maximum Gasteiger partial charge on any atom is 0.168 e. The molecule has 3 nitrogen and oxygen atoms in total. The molecular weight excluding hydrogens is 214 g/mol. The van der Waals surface area contributed by atoms with Gasteiger partial charge in [0.15, 0.2) is 6.29 Å². The third-order valence-corrected chi connectivity index (χ3v) is 2.28. The van der Waals surface area contributed by atoms with Crippen molar-refractivity contribution >= 4 is 6.29 Å². The number of carbonyl (C=O) groups excluding carboxylic acids is 1. The molecule has 5 heteroatoms. The van der Waals surface area contributed by atoms with E-state index in [-0.39, 0.29) is 17.0 Å². The van der Waals surface area contributed by atoms with Gasteiger partial charge in [-0.15, -0.1) is 0 Å². The van der Waals surface area contributed by atoms with Gasteiger partial charge in [-0.25, -0.2) is 13.8 Å². The molecule has 0 N–H and O–H groups in total. The number of imidazole rings is 1. The van der Waals surface area contributed by atoms with Gasteiger partial charge in [-0.2, -0.15) is 0 Å². The standard InChI is InChI=1S/C11H8F2N2O/c1-15-6-14-11(10(15)5-16)8-4-7(12)2-3-9(8)13/h2-6H,1H3. The summed E-state index contributed by atoms with van der Waals surface area (Å²) in [7, 11) is 1.61. The average Bonchev–Trinajstić information content (AvgIpc) is 2.63. The maximum atomic E-state index is 13.4. The third kappa shape index (κ3) is 1.60. The Morgan fingerprint density at radius 1 is 1.38 bits per heavy atom. The number of aldehydes is 1. The molecule has 2 rings (SSSR count). The van der Waals surface area contributed by atoms with Crippen molar-refractivity contribution in [1.82, 2.24) is 9.55 Å². The molecule has 82 valence electrons. The summed E-state index contributed by atoms with van der Waals surface area (Å²) in [6.07, 6.45) is 1.94. The monoisotopic (exact) mass is 222 g/mol. The Hall–Kier alpha value is -2.04. The lowest BCUT2D eigenvalue weighted by Gasteiger charge is -2.01. The zero-order chi connectivity index (χ0) is 11.7. The van der Waals surface area contributed by atoms with E-state index >= 15 is 0 Å². The summed E-state index contributed by atoms with van der Waals surface area (Å²) in [4.78, 5) is 14.7. The van der Waals surface area contributed by atoms with Crippen LogP contribution in [0.4, 0.5) is 8.78 Å². The average molecular weight is 222 g/mol. The molecule has 16 heavy (non-hydrogen) atoms. The summed E-state index contributed by atoms with van der Waals surface area (Å²) < 4.78 is 27.9. The normalized spacial score (nSPS) is 10.4. The Balaban J connectivity index is 2.66. The Morgan fingerprint density at radius 3 is 2.81 bits per heavy atom. The van der Waals surface area contributed by atoms with Gasteiger partial charge in [-0.3, -0.25) is 4.79 Å². The topological polar surface area (TPSA) is 34.9 Å². The Bertz CT molecular complexity index is 549. The van der Waals surface area contributed by atoms with Gasteiger partial charge in [0.25, 0.3) is 0 Å². The molecule has 0 unspecified atom stereocenters. The van der Waals surface area contributed by atoms with Crippen LogP contribution < -0.4 is 0 Å². The third-order valence-electron chi connectivity index (χ3n) is 2.28. The highest BCUT2D eigenvalue weighted by Gasteiger charge is 2.14. The van der Waals surface area contributed by atoms with Gasteiger partial charge in [0.1, 0.15) is 23.0 Å². The summed E-state index contributed by atoms with van der Waals surface area (Å²) in [5.41, 5.74) is 0.349. The molecule has 0 amide bonds. The van der Waals surface area contributed by atoms with Crippen molar-refractivity contribution in [3.05, 3.63) is 41.9 Å². The van der Waals surface area contributed by atoms with E-state index < -0.39 is 11.6 Å². The van der Waals surface area contributed by atoms with Crippen molar-refractivity contribution in [3.63, 3.8) is 0 Å². The molecule has 1 aromatic carbocycles. The van der Waals surface area contributed by atoms with E-state index in [4.69, 9.17) is 0 Å². The highest BCUT2D eigenvalue weighted by Crippen LogP contribution is 2.24. The van der Waals surface area contributed by atoms with Gasteiger partial charge >= 0.3 is 0 Å². The van der Waals surface area contributed by atoms with Crippen LogP contribution in [0.15, 0.2) is 24.5 Å². The van der Waals surface area contributed by atoms with E-state index in [2.05, 4.69) is 4.98 Å². The number of nitrogens with zero attached hydrogens (tertiary/aromatic N) is 2. The fraction of sp³-hybridized carbons (Fsp3) is 0.0909. The molecule has 0 atom stereocenters. The molecule has 1 heterocycles. The van der Waals surface area contributed by atoms with Crippen molar-refractivity contribution < 1.29 is 13.6 Å². The molecule has 0 saturated carbocycles. The van der Waals surface area contributed by atoms with Crippen LogP contribution in [0.3, 0.4) is 0 Å². The van der Waals surface area contributed by atoms with E-state index in [1.807, 2.05) is 0 Å². The molecule has 0 bridgehead atoms. The fourth-order valence-electron chi connectivity index (χ4n) is 1.47. The van der Waals surface area contributed by atoms with Crippen LogP contribution in [0.5, 0.6) is 0 Å². The van der Waals surface area contributed by atoms with Crippen molar-refractivity contribution in [2.75, 3.05) is 0 Å². The van der Waals surface area contributed by atoms with Gasteiger partial charge in [0.05, 0.1) is 6.33 Å². The van der Waals surface area contributed by atoms with Crippen molar-refractivity contribution in [3.8, 4) is 11.3 Å². The van der Waals surface area contributed by atoms with Gasteiger partial charge in [0, 0.05) is 12.6 Å². The molecule has 0 radical (unpaired) electrons. The summed E-state index contributed by atoms with van der Waals surface area (Å²) in [5, 5.41) is 0. The molecular formula is C11H8F2N2O. The number of aryl methyl sites for hydroxylation is 1. The van der Waals surface area contributed by atoms with Gasteiger partial charge in [0.2, 0.25) is 0 Å². The fourth-order valence-corrected chi connectivity index (χ4v) is 1.47. The first-order chi connectivity index (χ1) is 7.63. The van der Waals surface area contributed by atoms with E-state index in [9.17, 15) is 13.6 Å². The van der Waals surface area contributed by atoms with Crippen LogP contribution in [0.2, 0.25) is 0 Å². The predicted molar refractivity (Wildman–Crippen MR) is 53.9 cm³/mol. The molecule has 0 fully saturated rings. The zero-order valence-corrected chi connectivity index (χ0v) is 8.45. The number of carbonyl (C=O) groups is 1. The Kier molecular flexibility index (Phi) is 2.52. The molecule has 0 saturated heterocycles. The van der Waals surface area contributed by atoms with Crippen LogP contribution in [-0.2, 0) is 7.05 Å². The van der Waals surface area contributed by atoms with Crippen LogP contribution in [0.25, 0.3) is 11.3 Å². The molecule has 0 spiro atoms. The smallest absolute Gasteiger partial charge is 0.168 e. The minimum Gasteiger partial charge on any atom is -0.331 e. The number of benzene rings is 1. The zero-order valence-electron chi connectivity index (χ0n) is 8.45. The SMILES string of the molecule is Cn1cnc(-c2cc(F)ccc2F)c1C=O. The minimum absolute atomic E-state index is 0.0114. The Labute approximate surface area is 90.3 Å². The highest BCUT2D eigenvalue weighted by atomic mass is 19.1. The lowest BCUT2D eigenvalue weighted by molar-refractivity contribution is 0.111. The number of aromatic nitrogens is 2. The largest absolute Gasteiger partial charge is 0.331 e. The number of rotatable bonds is 2. The second-order valence-corrected chi connectivity index (χ2v) is 3.33. The quantitative estimate of drug-likeness (QED) is 0.730. The minimum atomic E-state index is -0.608. The molecule has 0 aliphatic rings. The Morgan fingerprint density at radius 2 is 2.12 bits per heavy atom. The molecule has 1 aromatic heterocycles. The second-order valence-electron chi connectivity index (χ2n) is 3.33. The van der Waals surface area contributed by atoms with E-state index in [0.717, 1.165) is 18.2 Å². The van der Waals surface area contributed by atoms with Gasteiger partial charge in [-0.1, -0.05) is 0 Å². The van der Waals surface area contributed by atoms with Crippen molar-refractivity contribution in [2.45, 2.75) is 0 Å². The van der Waals surface area contributed by atoms with Gasteiger partial charge < -0.3 is 4.57 Å². The van der Waals surface area contributed by atoms with E-state index in [0.29, 0.717) is 6.29 Å². The lowest BCUT2D eigenvalue weighted by atomic mass is 10.1. The van der Waals surface area contributed by atoms with Gasteiger partial charge in [-0.05, 0) is 18.2 Å². The van der Waals surface area contributed by atoms with E-state index in [1.165, 1.54) is 10.9 Å². The number of hydrogen-bond acceptors (Lipinski definition) is 2. The predicted octanol–water partition coefficient (Wildman–Crippen LogP) is 2.18. The first-order valence-electron chi connectivity index (χ1n) is 4.55. The van der Waals surface area contributed by atoms with Crippen LogP contribution in [0.1, 0.15) is 10.5 Å². The lowest BCUT2D eigenvalue weighted by Crippen LogP contribution is -1.96. The van der Waals surface area contributed by atoms with Crippen LogP contribution in [-0.4, -0.2) is 15.8 Å². The summed E-state index contributed by atoms with van der Waals surface area (Å²) >= 11 is 0. The molecule has 2 aromatic rings. The van der Waals surface area contributed by atoms with E-state index in [1.54, 1.807) is 7.05 Å². The number of halogens is 2. The first kappa shape index (κ1) is 10.5.